The lowest BCUT2D eigenvalue weighted by Gasteiger charge is -2.40. The molecule has 0 aliphatic carbocycles. The third-order valence-corrected chi connectivity index (χ3v) is 3.90. The number of hydrogen-bond acceptors (Lipinski definition) is 3. The second-order valence-electron chi connectivity index (χ2n) is 5.42. The fourth-order valence-electron chi connectivity index (χ4n) is 2.54. The molecule has 0 radical (unpaired) electrons. The smallest absolute Gasteiger partial charge is 0.0897 e. The van der Waals surface area contributed by atoms with Crippen molar-refractivity contribution in [2.45, 2.75) is 32.0 Å². The first kappa shape index (κ1) is 14.8. The molecule has 1 aliphatic rings. The van der Waals surface area contributed by atoms with Gasteiger partial charge < -0.3 is 10.1 Å². The van der Waals surface area contributed by atoms with E-state index in [4.69, 9.17) is 16.3 Å². The van der Waals surface area contributed by atoms with Gasteiger partial charge in [-0.15, -0.1) is 0 Å². The molecule has 2 atom stereocenters. The van der Waals surface area contributed by atoms with Crippen LogP contribution >= 0.6 is 11.6 Å². The van der Waals surface area contributed by atoms with Crippen LogP contribution in [0.1, 0.15) is 25.5 Å². The standard InChI is InChI=1S/C15H23ClN2O/c1-11(2)17-10-14-15(18(3)8-9-19-14)12-6-4-5-7-13(12)16/h4-7,11,14-15,17H,8-10H2,1-3H3. The third-order valence-electron chi connectivity index (χ3n) is 3.55. The zero-order valence-corrected chi connectivity index (χ0v) is 12.7. The van der Waals surface area contributed by atoms with Gasteiger partial charge in [0.2, 0.25) is 0 Å². The number of rotatable bonds is 4. The average Bonchev–Trinajstić information content (AvgIpc) is 2.37. The van der Waals surface area contributed by atoms with Crippen molar-refractivity contribution in [1.82, 2.24) is 10.2 Å². The highest BCUT2D eigenvalue weighted by Crippen LogP contribution is 2.32. The SMILES string of the molecule is CC(C)NCC1OCCN(C)C1c1ccccc1Cl. The van der Waals surface area contributed by atoms with E-state index in [0.29, 0.717) is 6.04 Å². The summed E-state index contributed by atoms with van der Waals surface area (Å²) in [5.41, 5.74) is 1.15. The Morgan fingerprint density at radius 2 is 2.16 bits per heavy atom. The minimum absolute atomic E-state index is 0.140. The Hall–Kier alpha value is -0.610. The maximum atomic E-state index is 6.35. The molecule has 3 nitrogen and oxygen atoms in total. The molecular weight excluding hydrogens is 260 g/mol. The van der Waals surface area contributed by atoms with E-state index in [1.807, 2.05) is 18.2 Å². The molecular formula is C15H23ClN2O. The van der Waals surface area contributed by atoms with E-state index in [2.05, 4.69) is 37.2 Å². The van der Waals surface area contributed by atoms with Crippen LogP contribution in [0.15, 0.2) is 24.3 Å². The highest BCUT2D eigenvalue weighted by Gasteiger charge is 2.32. The summed E-state index contributed by atoms with van der Waals surface area (Å²) in [5, 5.41) is 4.28. The molecule has 1 fully saturated rings. The Labute approximate surface area is 120 Å². The minimum Gasteiger partial charge on any atom is -0.374 e. The molecule has 0 aromatic heterocycles. The number of halogens is 1. The third kappa shape index (κ3) is 3.69. The molecule has 2 unspecified atom stereocenters. The summed E-state index contributed by atoms with van der Waals surface area (Å²) in [5.74, 6) is 0. The first-order chi connectivity index (χ1) is 9.09. The van der Waals surface area contributed by atoms with Gasteiger partial charge >= 0.3 is 0 Å². The first-order valence-electron chi connectivity index (χ1n) is 6.89. The summed E-state index contributed by atoms with van der Waals surface area (Å²) in [6.45, 7) is 6.86. The number of nitrogens with zero attached hydrogens (tertiary/aromatic N) is 1. The van der Waals surface area contributed by atoms with E-state index in [0.717, 1.165) is 30.3 Å². The molecule has 1 aromatic carbocycles. The van der Waals surface area contributed by atoms with Crippen LogP contribution in [0.25, 0.3) is 0 Å². The largest absolute Gasteiger partial charge is 0.374 e. The second kappa shape index (κ2) is 6.71. The molecule has 1 aromatic rings. The summed E-state index contributed by atoms with van der Waals surface area (Å²) in [6.07, 6.45) is 0.140. The van der Waals surface area contributed by atoms with Gasteiger partial charge in [-0.05, 0) is 18.7 Å². The molecule has 1 N–H and O–H groups in total. The Morgan fingerprint density at radius 1 is 1.42 bits per heavy atom. The molecule has 1 heterocycles. The van der Waals surface area contributed by atoms with E-state index in [-0.39, 0.29) is 12.1 Å². The van der Waals surface area contributed by atoms with Crippen molar-refractivity contribution in [1.29, 1.82) is 0 Å². The van der Waals surface area contributed by atoms with Gasteiger partial charge in [0.25, 0.3) is 0 Å². The lowest BCUT2D eigenvalue weighted by atomic mass is 9.98. The number of likely N-dealkylation sites (N-methyl/N-ethyl adjacent to an activating group) is 1. The Kier molecular flexibility index (Phi) is 5.22. The van der Waals surface area contributed by atoms with Crippen LogP contribution in [-0.4, -0.2) is 43.8 Å². The maximum Gasteiger partial charge on any atom is 0.0897 e. The number of ether oxygens (including phenoxy) is 1. The molecule has 1 saturated heterocycles. The number of morpholine rings is 1. The zero-order chi connectivity index (χ0) is 13.8. The quantitative estimate of drug-likeness (QED) is 0.919. The summed E-state index contributed by atoms with van der Waals surface area (Å²) in [7, 11) is 2.14. The summed E-state index contributed by atoms with van der Waals surface area (Å²) < 4.78 is 5.96. The molecule has 0 saturated carbocycles. The van der Waals surface area contributed by atoms with Crippen molar-refractivity contribution < 1.29 is 4.74 Å². The predicted octanol–water partition coefficient (Wildman–Crippen LogP) is 2.71. The van der Waals surface area contributed by atoms with Gasteiger partial charge in [0, 0.05) is 24.2 Å². The van der Waals surface area contributed by atoms with Gasteiger partial charge in [-0.2, -0.15) is 0 Å². The zero-order valence-electron chi connectivity index (χ0n) is 11.9. The van der Waals surface area contributed by atoms with Gasteiger partial charge in [0.05, 0.1) is 18.8 Å². The van der Waals surface area contributed by atoms with Crippen molar-refractivity contribution in [2.75, 3.05) is 26.7 Å². The molecule has 0 spiro atoms. The molecule has 0 bridgehead atoms. The summed E-state index contributed by atoms with van der Waals surface area (Å²) in [4.78, 5) is 2.33. The van der Waals surface area contributed by atoms with E-state index >= 15 is 0 Å². The van der Waals surface area contributed by atoms with Gasteiger partial charge in [0.15, 0.2) is 0 Å². The Morgan fingerprint density at radius 3 is 2.84 bits per heavy atom. The van der Waals surface area contributed by atoms with Crippen LogP contribution in [0.2, 0.25) is 5.02 Å². The van der Waals surface area contributed by atoms with Gasteiger partial charge in [0.1, 0.15) is 0 Å². The fourth-order valence-corrected chi connectivity index (χ4v) is 2.78. The minimum atomic E-state index is 0.140. The van der Waals surface area contributed by atoms with Crippen LogP contribution in [0.3, 0.4) is 0 Å². The second-order valence-corrected chi connectivity index (χ2v) is 5.83. The monoisotopic (exact) mass is 282 g/mol. The van der Waals surface area contributed by atoms with E-state index in [1.54, 1.807) is 0 Å². The fraction of sp³-hybridized carbons (Fsp3) is 0.600. The van der Waals surface area contributed by atoms with Crippen molar-refractivity contribution in [3.63, 3.8) is 0 Å². The molecule has 1 aliphatic heterocycles. The van der Waals surface area contributed by atoms with Crippen molar-refractivity contribution in [3.05, 3.63) is 34.9 Å². The van der Waals surface area contributed by atoms with E-state index in [1.165, 1.54) is 0 Å². The lowest BCUT2D eigenvalue weighted by molar-refractivity contribution is -0.0619. The van der Waals surface area contributed by atoms with Crippen LogP contribution in [-0.2, 0) is 4.74 Å². The van der Waals surface area contributed by atoms with Crippen LogP contribution in [0, 0.1) is 0 Å². The highest BCUT2D eigenvalue weighted by atomic mass is 35.5. The highest BCUT2D eigenvalue weighted by molar-refractivity contribution is 6.31. The maximum absolute atomic E-state index is 6.35. The molecule has 106 valence electrons. The molecule has 0 amide bonds. The number of hydrogen-bond donors (Lipinski definition) is 1. The molecule has 2 rings (SSSR count). The van der Waals surface area contributed by atoms with Crippen molar-refractivity contribution in [2.24, 2.45) is 0 Å². The van der Waals surface area contributed by atoms with Crippen LogP contribution in [0.5, 0.6) is 0 Å². The van der Waals surface area contributed by atoms with Gasteiger partial charge in [-0.25, -0.2) is 0 Å². The predicted molar refractivity (Wildman–Crippen MR) is 79.7 cm³/mol. The summed E-state index contributed by atoms with van der Waals surface area (Å²) in [6, 6.07) is 8.73. The normalized spacial score (nSPS) is 24.9. The number of nitrogens with one attached hydrogen (secondary N) is 1. The van der Waals surface area contributed by atoms with Crippen molar-refractivity contribution >= 4 is 11.6 Å². The Balaban J connectivity index is 2.19. The molecule has 4 heteroatoms. The summed E-state index contributed by atoms with van der Waals surface area (Å²) >= 11 is 6.35. The van der Waals surface area contributed by atoms with E-state index < -0.39 is 0 Å². The average molecular weight is 283 g/mol. The van der Waals surface area contributed by atoms with Gasteiger partial charge in [-0.1, -0.05) is 43.6 Å². The van der Waals surface area contributed by atoms with Crippen LogP contribution < -0.4 is 5.32 Å². The topological polar surface area (TPSA) is 24.5 Å². The Bertz CT molecular complexity index is 411. The van der Waals surface area contributed by atoms with Gasteiger partial charge in [-0.3, -0.25) is 4.90 Å². The van der Waals surface area contributed by atoms with Crippen LogP contribution in [0.4, 0.5) is 0 Å². The van der Waals surface area contributed by atoms with E-state index in [9.17, 15) is 0 Å². The number of benzene rings is 1. The first-order valence-corrected chi connectivity index (χ1v) is 7.27. The lowest BCUT2D eigenvalue weighted by Crippen LogP contribution is -2.48. The van der Waals surface area contributed by atoms with Crippen molar-refractivity contribution in [3.8, 4) is 0 Å². The molecule has 19 heavy (non-hydrogen) atoms.